The number of hydrogen-bond acceptors (Lipinski definition) is 4. The standard InChI is InChI=1S/C11H18N2O3S/c1-12-8-9-5-6-11(10(7-9)16-4)17(14,15)13(2)3/h5-7,12H,8H2,1-4H3. The summed E-state index contributed by atoms with van der Waals surface area (Å²) in [6.45, 7) is 0.665. The van der Waals surface area contributed by atoms with Crippen LogP contribution in [0.1, 0.15) is 5.56 Å². The summed E-state index contributed by atoms with van der Waals surface area (Å²) in [6.07, 6.45) is 0. The molecule has 0 unspecified atom stereocenters. The second-order valence-corrected chi connectivity index (χ2v) is 5.92. The lowest BCUT2D eigenvalue weighted by Crippen LogP contribution is -2.22. The molecule has 0 fully saturated rings. The molecule has 0 spiro atoms. The van der Waals surface area contributed by atoms with E-state index in [2.05, 4.69) is 5.32 Å². The van der Waals surface area contributed by atoms with Crippen LogP contribution in [0, 0.1) is 0 Å². The number of benzene rings is 1. The van der Waals surface area contributed by atoms with Gasteiger partial charge in [0.1, 0.15) is 10.6 Å². The minimum Gasteiger partial charge on any atom is -0.495 e. The van der Waals surface area contributed by atoms with Crippen LogP contribution in [0.2, 0.25) is 0 Å². The molecule has 0 aliphatic rings. The molecule has 1 rings (SSSR count). The lowest BCUT2D eigenvalue weighted by molar-refractivity contribution is 0.399. The first-order valence-electron chi connectivity index (χ1n) is 5.17. The maximum Gasteiger partial charge on any atom is 0.246 e. The average molecular weight is 258 g/mol. The first kappa shape index (κ1) is 14.0. The predicted octanol–water partition coefficient (Wildman–Crippen LogP) is 0.665. The van der Waals surface area contributed by atoms with E-state index in [0.29, 0.717) is 12.3 Å². The number of hydrogen-bond donors (Lipinski definition) is 1. The van der Waals surface area contributed by atoms with Crippen molar-refractivity contribution in [2.24, 2.45) is 0 Å². The molecule has 0 radical (unpaired) electrons. The third kappa shape index (κ3) is 2.96. The van der Waals surface area contributed by atoms with Crippen molar-refractivity contribution in [2.75, 3.05) is 28.3 Å². The molecule has 1 N–H and O–H groups in total. The first-order valence-corrected chi connectivity index (χ1v) is 6.61. The molecule has 0 saturated carbocycles. The van der Waals surface area contributed by atoms with Crippen molar-refractivity contribution in [1.29, 1.82) is 0 Å². The Labute approximate surface area is 102 Å². The van der Waals surface area contributed by atoms with Gasteiger partial charge in [-0.05, 0) is 24.7 Å². The summed E-state index contributed by atoms with van der Waals surface area (Å²) in [4.78, 5) is 0.185. The summed E-state index contributed by atoms with van der Waals surface area (Å²) in [5.74, 6) is 0.367. The minimum atomic E-state index is -3.46. The number of sulfonamides is 1. The number of nitrogens with one attached hydrogen (secondary N) is 1. The van der Waals surface area contributed by atoms with E-state index in [1.807, 2.05) is 7.05 Å². The van der Waals surface area contributed by atoms with Gasteiger partial charge in [0.25, 0.3) is 0 Å². The zero-order valence-electron chi connectivity index (χ0n) is 10.5. The minimum absolute atomic E-state index is 0.185. The Morgan fingerprint density at radius 2 is 2.00 bits per heavy atom. The van der Waals surface area contributed by atoms with Gasteiger partial charge in [-0.2, -0.15) is 0 Å². The number of rotatable bonds is 5. The molecule has 0 amide bonds. The van der Waals surface area contributed by atoms with Gasteiger partial charge < -0.3 is 10.1 Å². The largest absolute Gasteiger partial charge is 0.495 e. The van der Waals surface area contributed by atoms with Crippen LogP contribution in [0.3, 0.4) is 0 Å². The average Bonchev–Trinajstić information content (AvgIpc) is 2.28. The molecular weight excluding hydrogens is 240 g/mol. The zero-order valence-corrected chi connectivity index (χ0v) is 11.3. The summed E-state index contributed by atoms with van der Waals surface area (Å²) < 4.78 is 30.3. The smallest absolute Gasteiger partial charge is 0.246 e. The molecule has 0 aliphatic heterocycles. The number of ether oxygens (including phenoxy) is 1. The van der Waals surface area contributed by atoms with Gasteiger partial charge in [-0.3, -0.25) is 0 Å². The highest BCUT2D eigenvalue weighted by atomic mass is 32.2. The fourth-order valence-corrected chi connectivity index (χ4v) is 2.47. The topological polar surface area (TPSA) is 58.6 Å². The molecule has 0 heterocycles. The molecule has 96 valence electrons. The summed E-state index contributed by atoms with van der Waals surface area (Å²) >= 11 is 0. The van der Waals surface area contributed by atoms with Crippen LogP contribution < -0.4 is 10.1 Å². The van der Waals surface area contributed by atoms with E-state index < -0.39 is 10.0 Å². The van der Waals surface area contributed by atoms with Crippen molar-refractivity contribution in [3.8, 4) is 5.75 Å². The van der Waals surface area contributed by atoms with Gasteiger partial charge in [0.15, 0.2) is 0 Å². The van der Waals surface area contributed by atoms with E-state index in [4.69, 9.17) is 4.74 Å². The van der Waals surface area contributed by atoms with Gasteiger partial charge in [0.2, 0.25) is 10.0 Å². The molecule has 0 bridgehead atoms. The van der Waals surface area contributed by atoms with Gasteiger partial charge in [-0.15, -0.1) is 0 Å². The van der Waals surface area contributed by atoms with Crippen LogP contribution in [0.4, 0.5) is 0 Å². The lowest BCUT2D eigenvalue weighted by atomic mass is 10.2. The third-order valence-corrected chi connectivity index (χ3v) is 4.22. The number of methoxy groups -OCH3 is 1. The number of nitrogens with zero attached hydrogens (tertiary/aromatic N) is 1. The maximum atomic E-state index is 12.0. The van der Waals surface area contributed by atoms with E-state index in [1.54, 1.807) is 18.2 Å². The van der Waals surface area contributed by atoms with E-state index >= 15 is 0 Å². The van der Waals surface area contributed by atoms with Crippen molar-refractivity contribution < 1.29 is 13.2 Å². The van der Waals surface area contributed by atoms with Crippen molar-refractivity contribution in [2.45, 2.75) is 11.4 Å². The Kier molecular flexibility index (Phi) is 4.50. The van der Waals surface area contributed by atoms with Gasteiger partial charge in [-0.25, -0.2) is 12.7 Å². The molecule has 6 heteroatoms. The maximum absolute atomic E-state index is 12.0. The van der Waals surface area contributed by atoms with Crippen LogP contribution >= 0.6 is 0 Å². The molecule has 0 aromatic heterocycles. The van der Waals surface area contributed by atoms with E-state index in [1.165, 1.54) is 25.5 Å². The molecule has 17 heavy (non-hydrogen) atoms. The second-order valence-electron chi connectivity index (χ2n) is 3.80. The quantitative estimate of drug-likeness (QED) is 0.843. The fraction of sp³-hybridized carbons (Fsp3) is 0.455. The molecule has 1 aromatic rings. The van der Waals surface area contributed by atoms with E-state index in [-0.39, 0.29) is 4.90 Å². The predicted molar refractivity (Wildman–Crippen MR) is 66.6 cm³/mol. The van der Waals surface area contributed by atoms with E-state index in [0.717, 1.165) is 5.56 Å². The third-order valence-electron chi connectivity index (χ3n) is 2.37. The van der Waals surface area contributed by atoms with E-state index in [9.17, 15) is 8.42 Å². The summed E-state index contributed by atoms with van der Waals surface area (Å²) in [5.41, 5.74) is 0.974. The summed E-state index contributed by atoms with van der Waals surface area (Å²) in [6, 6.07) is 5.07. The lowest BCUT2D eigenvalue weighted by Gasteiger charge is -2.15. The van der Waals surface area contributed by atoms with Crippen molar-refractivity contribution in [3.63, 3.8) is 0 Å². The Hall–Kier alpha value is -1.11. The van der Waals surface area contributed by atoms with Gasteiger partial charge in [-0.1, -0.05) is 6.07 Å². The first-order chi connectivity index (χ1) is 7.93. The van der Waals surface area contributed by atoms with Gasteiger partial charge in [0, 0.05) is 20.6 Å². The molecule has 1 aromatic carbocycles. The van der Waals surface area contributed by atoms with Gasteiger partial charge in [0.05, 0.1) is 7.11 Å². The molecule has 5 nitrogen and oxygen atoms in total. The Bertz CT molecular complexity index is 483. The zero-order chi connectivity index (χ0) is 13.1. The molecule has 0 atom stereocenters. The van der Waals surface area contributed by atoms with Crippen LogP contribution in [-0.4, -0.2) is 41.0 Å². The molecule has 0 aliphatic carbocycles. The summed E-state index contributed by atoms with van der Waals surface area (Å²) in [5, 5.41) is 3.00. The van der Waals surface area contributed by atoms with Crippen LogP contribution in [0.5, 0.6) is 5.75 Å². The van der Waals surface area contributed by atoms with Crippen LogP contribution in [-0.2, 0) is 16.6 Å². The second kappa shape index (κ2) is 5.48. The van der Waals surface area contributed by atoms with Gasteiger partial charge >= 0.3 is 0 Å². The Morgan fingerprint density at radius 1 is 1.35 bits per heavy atom. The molecule has 0 saturated heterocycles. The Morgan fingerprint density at radius 3 is 2.47 bits per heavy atom. The van der Waals surface area contributed by atoms with Crippen LogP contribution in [0.25, 0.3) is 0 Å². The normalized spacial score (nSPS) is 11.8. The SMILES string of the molecule is CNCc1ccc(S(=O)(=O)N(C)C)c(OC)c1. The fourth-order valence-electron chi connectivity index (χ4n) is 1.44. The van der Waals surface area contributed by atoms with Crippen LogP contribution in [0.15, 0.2) is 23.1 Å². The highest BCUT2D eigenvalue weighted by molar-refractivity contribution is 7.89. The summed E-state index contributed by atoms with van der Waals surface area (Å²) in [7, 11) is 2.82. The van der Waals surface area contributed by atoms with Crippen molar-refractivity contribution >= 4 is 10.0 Å². The highest BCUT2D eigenvalue weighted by Gasteiger charge is 2.21. The monoisotopic (exact) mass is 258 g/mol. The Balaban J connectivity index is 3.27. The molecular formula is C11H18N2O3S. The van der Waals surface area contributed by atoms with Crippen molar-refractivity contribution in [1.82, 2.24) is 9.62 Å². The van der Waals surface area contributed by atoms with Crippen molar-refractivity contribution in [3.05, 3.63) is 23.8 Å². The highest BCUT2D eigenvalue weighted by Crippen LogP contribution is 2.26.